The molecule has 0 aliphatic carbocycles. The molecule has 2 heterocycles. The van der Waals surface area contributed by atoms with Crippen LogP contribution in [0.3, 0.4) is 0 Å². The van der Waals surface area contributed by atoms with Crippen molar-refractivity contribution in [2.45, 2.75) is 27.2 Å². The fourth-order valence-electron chi connectivity index (χ4n) is 2.99. The van der Waals surface area contributed by atoms with Gasteiger partial charge in [0.15, 0.2) is 0 Å². The van der Waals surface area contributed by atoms with Crippen molar-refractivity contribution >= 4 is 39.0 Å². The number of aromatic nitrogens is 2. The number of aryl methyl sites for hydroxylation is 2. The van der Waals surface area contributed by atoms with E-state index in [-0.39, 0.29) is 24.5 Å². The van der Waals surface area contributed by atoms with Crippen LogP contribution in [-0.4, -0.2) is 28.3 Å². The lowest BCUT2D eigenvalue weighted by Crippen LogP contribution is -2.24. The van der Waals surface area contributed by atoms with Crippen LogP contribution in [0.5, 0.6) is 0 Å². The molecule has 8 heteroatoms. The second kappa shape index (κ2) is 7.93. The molecule has 28 heavy (non-hydrogen) atoms. The fraction of sp³-hybridized carbons (Fsp3) is 0.300. The lowest BCUT2D eigenvalue weighted by atomic mass is 10.1. The van der Waals surface area contributed by atoms with Gasteiger partial charge in [0, 0.05) is 17.3 Å². The molecule has 0 radical (unpaired) electrons. The minimum Gasteiger partial charge on any atom is -0.462 e. The fourth-order valence-corrected chi connectivity index (χ4v) is 4.06. The van der Waals surface area contributed by atoms with E-state index >= 15 is 0 Å². The van der Waals surface area contributed by atoms with Crippen LogP contribution in [0.2, 0.25) is 0 Å². The molecular formula is C20H21N3O4S. The molecule has 0 saturated heterocycles. The van der Waals surface area contributed by atoms with Crippen molar-refractivity contribution in [3.05, 3.63) is 56.3 Å². The van der Waals surface area contributed by atoms with Gasteiger partial charge >= 0.3 is 5.97 Å². The number of ether oxygens (including phenoxy) is 1. The maximum absolute atomic E-state index is 12.7. The van der Waals surface area contributed by atoms with Crippen molar-refractivity contribution in [2.24, 2.45) is 7.05 Å². The topological polar surface area (TPSA) is 90.3 Å². The van der Waals surface area contributed by atoms with Crippen LogP contribution in [0, 0.1) is 13.8 Å². The summed E-state index contributed by atoms with van der Waals surface area (Å²) in [6.07, 6.45) is -0.0209. The first kappa shape index (κ1) is 19.8. The molecule has 0 aliphatic heterocycles. The van der Waals surface area contributed by atoms with Crippen LogP contribution in [-0.2, 0) is 23.0 Å². The number of nitrogens with one attached hydrogen (secondary N) is 1. The number of esters is 1. The quantitative estimate of drug-likeness (QED) is 0.666. The predicted octanol–water partition coefficient (Wildman–Crippen LogP) is 2.97. The summed E-state index contributed by atoms with van der Waals surface area (Å²) in [5, 5.41) is 8.68. The van der Waals surface area contributed by atoms with Gasteiger partial charge in [-0.05, 0) is 32.4 Å². The highest BCUT2D eigenvalue weighted by molar-refractivity contribution is 7.16. The molecule has 0 atom stereocenters. The van der Waals surface area contributed by atoms with Crippen molar-refractivity contribution in [3.63, 3.8) is 0 Å². The summed E-state index contributed by atoms with van der Waals surface area (Å²) in [5.74, 6) is -0.770. The Bertz CT molecular complexity index is 1130. The molecule has 1 amide bonds. The summed E-state index contributed by atoms with van der Waals surface area (Å²) in [4.78, 5) is 38.1. The SMILES string of the molecule is CCOC(=O)c1c(NC(=O)Cc2nn(C)c(=O)c3ccccc23)sc(C)c1C. The zero-order valence-corrected chi connectivity index (χ0v) is 17.0. The smallest absolute Gasteiger partial charge is 0.341 e. The molecule has 1 N–H and O–H groups in total. The number of carbonyl (C=O) groups excluding carboxylic acids is 2. The molecule has 0 aliphatic rings. The van der Waals surface area contributed by atoms with Gasteiger partial charge in [0.25, 0.3) is 5.56 Å². The molecule has 0 saturated carbocycles. The largest absolute Gasteiger partial charge is 0.462 e. The number of carbonyl (C=O) groups is 2. The van der Waals surface area contributed by atoms with Gasteiger partial charge in [-0.15, -0.1) is 11.3 Å². The van der Waals surface area contributed by atoms with Gasteiger partial charge in [-0.25, -0.2) is 9.48 Å². The molecule has 0 unspecified atom stereocenters. The van der Waals surface area contributed by atoms with E-state index in [9.17, 15) is 14.4 Å². The van der Waals surface area contributed by atoms with E-state index in [4.69, 9.17) is 4.74 Å². The van der Waals surface area contributed by atoms with Gasteiger partial charge in [0.05, 0.1) is 29.7 Å². The van der Waals surface area contributed by atoms with Gasteiger partial charge in [-0.2, -0.15) is 5.10 Å². The normalized spacial score (nSPS) is 10.9. The van der Waals surface area contributed by atoms with Crippen LogP contribution < -0.4 is 10.9 Å². The van der Waals surface area contributed by atoms with Crippen molar-refractivity contribution in [1.82, 2.24) is 9.78 Å². The van der Waals surface area contributed by atoms with E-state index < -0.39 is 5.97 Å². The Kier molecular flexibility index (Phi) is 5.60. The number of hydrogen-bond acceptors (Lipinski definition) is 6. The first-order valence-corrected chi connectivity index (χ1v) is 9.67. The maximum Gasteiger partial charge on any atom is 0.341 e. The van der Waals surface area contributed by atoms with E-state index in [0.29, 0.717) is 27.0 Å². The standard InChI is InChI=1S/C20H21N3O4S/c1-5-27-20(26)17-11(2)12(3)28-18(17)21-16(24)10-15-13-8-6-7-9-14(13)19(25)23(4)22-15/h6-9H,5,10H2,1-4H3,(H,21,24). The Morgan fingerprint density at radius 1 is 1.21 bits per heavy atom. The van der Waals surface area contributed by atoms with Crippen molar-refractivity contribution in [3.8, 4) is 0 Å². The molecule has 146 valence electrons. The van der Waals surface area contributed by atoms with Gasteiger partial charge in [0.1, 0.15) is 5.00 Å². The third kappa shape index (κ3) is 3.68. The summed E-state index contributed by atoms with van der Waals surface area (Å²) in [7, 11) is 1.56. The van der Waals surface area contributed by atoms with Gasteiger partial charge in [-0.3, -0.25) is 9.59 Å². The number of benzene rings is 1. The number of hydrogen-bond donors (Lipinski definition) is 1. The first-order chi connectivity index (χ1) is 13.3. The van der Waals surface area contributed by atoms with Crippen LogP contribution in [0.15, 0.2) is 29.1 Å². The summed E-state index contributed by atoms with van der Waals surface area (Å²) in [5.41, 5.74) is 1.46. The van der Waals surface area contributed by atoms with Crippen LogP contribution in [0.25, 0.3) is 10.8 Å². The summed E-state index contributed by atoms with van der Waals surface area (Å²) < 4.78 is 6.35. The summed E-state index contributed by atoms with van der Waals surface area (Å²) in [6.45, 7) is 5.71. The molecule has 3 aromatic rings. The van der Waals surface area contributed by atoms with Gasteiger partial charge in [-0.1, -0.05) is 18.2 Å². The number of nitrogens with zero attached hydrogens (tertiary/aromatic N) is 2. The van der Waals surface area contributed by atoms with Crippen molar-refractivity contribution < 1.29 is 14.3 Å². The monoisotopic (exact) mass is 399 g/mol. The lowest BCUT2D eigenvalue weighted by molar-refractivity contribution is -0.115. The predicted molar refractivity (Wildman–Crippen MR) is 109 cm³/mol. The van der Waals surface area contributed by atoms with E-state index in [1.54, 1.807) is 38.2 Å². The van der Waals surface area contributed by atoms with Crippen molar-refractivity contribution in [1.29, 1.82) is 0 Å². The molecule has 0 spiro atoms. The number of rotatable bonds is 5. The molecule has 2 aromatic heterocycles. The van der Waals surface area contributed by atoms with E-state index in [0.717, 1.165) is 10.4 Å². The Morgan fingerprint density at radius 2 is 1.89 bits per heavy atom. The second-order valence-electron chi connectivity index (χ2n) is 6.35. The zero-order chi connectivity index (χ0) is 20.4. The molecule has 0 bridgehead atoms. The van der Waals surface area contributed by atoms with Crippen LogP contribution in [0.1, 0.15) is 33.4 Å². The van der Waals surface area contributed by atoms with E-state index in [1.807, 2.05) is 13.8 Å². The Hall–Kier alpha value is -3.00. The highest BCUT2D eigenvalue weighted by atomic mass is 32.1. The summed E-state index contributed by atoms with van der Waals surface area (Å²) in [6, 6.07) is 7.06. The number of fused-ring (bicyclic) bond motifs is 1. The summed E-state index contributed by atoms with van der Waals surface area (Å²) >= 11 is 1.33. The minimum absolute atomic E-state index is 0.0209. The first-order valence-electron chi connectivity index (χ1n) is 8.85. The van der Waals surface area contributed by atoms with Crippen LogP contribution in [0.4, 0.5) is 5.00 Å². The second-order valence-corrected chi connectivity index (χ2v) is 7.58. The molecule has 1 aromatic carbocycles. The third-order valence-corrected chi connectivity index (χ3v) is 5.60. The zero-order valence-electron chi connectivity index (χ0n) is 16.2. The molecule has 0 fully saturated rings. The van der Waals surface area contributed by atoms with E-state index in [2.05, 4.69) is 10.4 Å². The van der Waals surface area contributed by atoms with Gasteiger partial charge < -0.3 is 10.1 Å². The Balaban J connectivity index is 1.91. The molecule has 3 rings (SSSR count). The highest BCUT2D eigenvalue weighted by Crippen LogP contribution is 2.33. The average Bonchev–Trinajstić information content (AvgIpc) is 2.93. The lowest BCUT2D eigenvalue weighted by Gasteiger charge is -2.09. The number of thiophene rings is 1. The Morgan fingerprint density at radius 3 is 2.57 bits per heavy atom. The average molecular weight is 399 g/mol. The van der Waals surface area contributed by atoms with Gasteiger partial charge in [0.2, 0.25) is 5.91 Å². The number of amides is 1. The number of anilines is 1. The van der Waals surface area contributed by atoms with E-state index in [1.165, 1.54) is 16.0 Å². The maximum atomic E-state index is 12.7. The molecule has 7 nitrogen and oxygen atoms in total. The highest BCUT2D eigenvalue weighted by Gasteiger charge is 2.22. The minimum atomic E-state index is -0.453. The Labute approximate surface area is 165 Å². The van der Waals surface area contributed by atoms with Crippen LogP contribution >= 0.6 is 11.3 Å². The van der Waals surface area contributed by atoms with Crippen molar-refractivity contribution in [2.75, 3.05) is 11.9 Å². The molecular weight excluding hydrogens is 378 g/mol. The third-order valence-electron chi connectivity index (χ3n) is 4.48.